The monoisotopic (exact) mass is 286 g/mol. The molecule has 0 saturated heterocycles. The Morgan fingerprint density at radius 1 is 1.33 bits per heavy atom. The number of carbonyl (C=O) groups excluding carboxylic acids is 1. The van der Waals surface area contributed by atoms with Crippen LogP contribution in [0.5, 0.6) is 0 Å². The summed E-state index contributed by atoms with van der Waals surface area (Å²) in [5.74, 6) is 0.135. The van der Waals surface area contributed by atoms with Gasteiger partial charge in [-0.25, -0.2) is 0 Å². The number of nitrogens with one attached hydrogen (secondary N) is 2. The third-order valence-corrected chi connectivity index (χ3v) is 4.51. The number of hydrogen-bond acceptors (Lipinski definition) is 2. The second-order valence-corrected chi connectivity index (χ2v) is 5.99. The number of rotatable bonds is 3. The van der Waals surface area contributed by atoms with Crippen LogP contribution in [-0.4, -0.2) is 28.6 Å². The number of aliphatic hydroxyl groups is 1. The normalized spacial score (nSPS) is 22.4. The van der Waals surface area contributed by atoms with E-state index in [2.05, 4.69) is 10.3 Å². The molecule has 4 heteroatoms. The number of amides is 1. The molecule has 21 heavy (non-hydrogen) atoms. The molecule has 0 bridgehead atoms. The first-order valence-corrected chi connectivity index (χ1v) is 7.70. The molecule has 1 amide bonds. The first-order valence-electron chi connectivity index (χ1n) is 7.70. The highest BCUT2D eigenvalue weighted by molar-refractivity contribution is 6.08. The number of hydrogen-bond donors (Lipinski definition) is 3. The standard InChI is InChI=1S/C17H22N2O2/c1-11-16(13-7-3-4-8-14(13)19-11)17(21)18-10-12-6-2-5-9-15(12)20/h3-4,7-8,12,15,19-20H,2,5-6,9-10H2,1H3,(H,18,21). The van der Waals surface area contributed by atoms with E-state index in [1.165, 1.54) is 0 Å². The lowest BCUT2D eigenvalue weighted by atomic mass is 9.86. The molecular formula is C17H22N2O2. The Bertz CT molecular complexity index is 647. The van der Waals surface area contributed by atoms with E-state index in [-0.39, 0.29) is 17.9 Å². The van der Waals surface area contributed by atoms with E-state index in [9.17, 15) is 9.90 Å². The molecule has 3 N–H and O–H groups in total. The molecule has 1 saturated carbocycles. The maximum Gasteiger partial charge on any atom is 0.253 e. The van der Waals surface area contributed by atoms with Gasteiger partial charge in [-0.05, 0) is 25.8 Å². The van der Waals surface area contributed by atoms with Crippen LogP contribution in [0.3, 0.4) is 0 Å². The minimum absolute atomic E-state index is 0.0530. The highest BCUT2D eigenvalue weighted by atomic mass is 16.3. The first kappa shape index (κ1) is 14.1. The molecule has 1 aromatic heterocycles. The summed E-state index contributed by atoms with van der Waals surface area (Å²) >= 11 is 0. The summed E-state index contributed by atoms with van der Waals surface area (Å²) in [5, 5.41) is 13.9. The molecule has 1 aliphatic carbocycles. The van der Waals surface area contributed by atoms with E-state index < -0.39 is 0 Å². The molecule has 2 atom stereocenters. The predicted octanol–water partition coefficient (Wildman–Crippen LogP) is 2.76. The molecule has 3 rings (SSSR count). The largest absolute Gasteiger partial charge is 0.393 e. The molecule has 1 aliphatic rings. The number of carbonyl (C=O) groups is 1. The number of fused-ring (bicyclic) bond motifs is 1. The van der Waals surface area contributed by atoms with Gasteiger partial charge in [-0.1, -0.05) is 31.0 Å². The summed E-state index contributed by atoms with van der Waals surface area (Å²) in [7, 11) is 0. The smallest absolute Gasteiger partial charge is 0.253 e. The number of aromatic amines is 1. The Labute approximate surface area is 124 Å². The molecule has 1 heterocycles. The highest BCUT2D eigenvalue weighted by Gasteiger charge is 2.24. The molecule has 0 spiro atoms. The van der Waals surface area contributed by atoms with Crippen LogP contribution in [0.1, 0.15) is 41.7 Å². The van der Waals surface area contributed by atoms with Gasteiger partial charge in [0.05, 0.1) is 11.7 Å². The Balaban J connectivity index is 1.73. The van der Waals surface area contributed by atoms with E-state index in [0.717, 1.165) is 47.8 Å². The van der Waals surface area contributed by atoms with Crippen LogP contribution in [0.2, 0.25) is 0 Å². The Morgan fingerprint density at radius 3 is 2.90 bits per heavy atom. The predicted molar refractivity (Wildman–Crippen MR) is 83.3 cm³/mol. The quantitative estimate of drug-likeness (QED) is 0.812. The van der Waals surface area contributed by atoms with E-state index in [4.69, 9.17) is 0 Å². The van der Waals surface area contributed by atoms with E-state index in [1.807, 2.05) is 31.2 Å². The fourth-order valence-corrected chi connectivity index (χ4v) is 3.31. The van der Waals surface area contributed by atoms with E-state index in [1.54, 1.807) is 0 Å². The number of benzene rings is 1. The third-order valence-electron chi connectivity index (χ3n) is 4.51. The maximum absolute atomic E-state index is 12.5. The van der Waals surface area contributed by atoms with Crippen LogP contribution in [0, 0.1) is 12.8 Å². The summed E-state index contributed by atoms with van der Waals surface area (Å²) in [6, 6.07) is 7.84. The van der Waals surface area contributed by atoms with Gasteiger partial charge in [0.25, 0.3) is 5.91 Å². The molecule has 1 fully saturated rings. The number of aliphatic hydroxyl groups excluding tert-OH is 1. The average molecular weight is 286 g/mol. The number of aromatic nitrogens is 1. The second kappa shape index (κ2) is 5.90. The molecule has 1 aromatic carbocycles. The first-order chi connectivity index (χ1) is 10.2. The number of aryl methyl sites for hydroxylation is 1. The lowest BCUT2D eigenvalue weighted by Crippen LogP contribution is -2.36. The van der Waals surface area contributed by atoms with Crippen LogP contribution in [0.15, 0.2) is 24.3 Å². The zero-order valence-electron chi connectivity index (χ0n) is 12.4. The molecular weight excluding hydrogens is 264 g/mol. The zero-order valence-corrected chi connectivity index (χ0v) is 12.4. The van der Waals surface area contributed by atoms with Crippen molar-refractivity contribution < 1.29 is 9.90 Å². The molecule has 0 aliphatic heterocycles. The highest BCUT2D eigenvalue weighted by Crippen LogP contribution is 2.25. The zero-order chi connectivity index (χ0) is 14.8. The number of H-pyrrole nitrogens is 1. The summed E-state index contributed by atoms with van der Waals surface area (Å²) in [6.07, 6.45) is 3.81. The average Bonchev–Trinajstić information content (AvgIpc) is 2.82. The second-order valence-electron chi connectivity index (χ2n) is 5.99. The minimum atomic E-state index is -0.275. The molecule has 4 nitrogen and oxygen atoms in total. The van der Waals surface area contributed by atoms with Gasteiger partial charge in [0, 0.05) is 29.1 Å². The molecule has 2 aromatic rings. The van der Waals surface area contributed by atoms with E-state index >= 15 is 0 Å². The number of para-hydroxylation sites is 1. The lowest BCUT2D eigenvalue weighted by Gasteiger charge is -2.27. The van der Waals surface area contributed by atoms with Crippen molar-refractivity contribution in [2.75, 3.05) is 6.54 Å². The third kappa shape index (κ3) is 2.81. The summed E-state index contributed by atoms with van der Waals surface area (Å²) in [5.41, 5.74) is 2.59. The van der Waals surface area contributed by atoms with Gasteiger partial charge in [0.1, 0.15) is 0 Å². The van der Waals surface area contributed by atoms with Gasteiger partial charge < -0.3 is 15.4 Å². The van der Waals surface area contributed by atoms with Gasteiger partial charge >= 0.3 is 0 Å². The Hall–Kier alpha value is -1.81. The Kier molecular flexibility index (Phi) is 3.97. The SMILES string of the molecule is Cc1[nH]c2ccccc2c1C(=O)NCC1CCCCC1O. The van der Waals surface area contributed by atoms with Crippen LogP contribution < -0.4 is 5.32 Å². The van der Waals surface area contributed by atoms with Crippen LogP contribution in [0.25, 0.3) is 10.9 Å². The molecule has 0 radical (unpaired) electrons. The van der Waals surface area contributed by atoms with Gasteiger partial charge in [0.2, 0.25) is 0 Å². The Morgan fingerprint density at radius 2 is 2.10 bits per heavy atom. The molecule has 2 unspecified atom stereocenters. The summed E-state index contributed by atoms with van der Waals surface area (Å²) in [6.45, 7) is 2.48. The van der Waals surface area contributed by atoms with Gasteiger partial charge in [-0.3, -0.25) is 4.79 Å². The summed E-state index contributed by atoms with van der Waals surface area (Å²) in [4.78, 5) is 15.7. The van der Waals surface area contributed by atoms with Crippen molar-refractivity contribution in [2.45, 2.75) is 38.7 Å². The van der Waals surface area contributed by atoms with E-state index in [0.29, 0.717) is 6.54 Å². The van der Waals surface area contributed by atoms with Crippen molar-refractivity contribution in [1.29, 1.82) is 0 Å². The van der Waals surface area contributed by atoms with Crippen LogP contribution in [-0.2, 0) is 0 Å². The van der Waals surface area contributed by atoms with Crippen molar-refractivity contribution >= 4 is 16.8 Å². The van der Waals surface area contributed by atoms with Gasteiger partial charge in [0.15, 0.2) is 0 Å². The van der Waals surface area contributed by atoms with Crippen LogP contribution >= 0.6 is 0 Å². The van der Waals surface area contributed by atoms with Crippen molar-refractivity contribution in [3.63, 3.8) is 0 Å². The fraction of sp³-hybridized carbons (Fsp3) is 0.471. The van der Waals surface area contributed by atoms with Crippen molar-refractivity contribution in [3.05, 3.63) is 35.5 Å². The fourth-order valence-electron chi connectivity index (χ4n) is 3.31. The van der Waals surface area contributed by atoms with Gasteiger partial charge in [-0.15, -0.1) is 0 Å². The molecule has 112 valence electrons. The van der Waals surface area contributed by atoms with Gasteiger partial charge in [-0.2, -0.15) is 0 Å². The van der Waals surface area contributed by atoms with Crippen LogP contribution in [0.4, 0.5) is 0 Å². The van der Waals surface area contributed by atoms with Crippen molar-refractivity contribution in [2.24, 2.45) is 5.92 Å². The van der Waals surface area contributed by atoms with Crippen molar-refractivity contribution in [1.82, 2.24) is 10.3 Å². The summed E-state index contributed by atoms with van der Waals surface area (Å²) < 4.78 is 0. The minimum Gasteiger partial charge on any atom is -0.393 e. The lowest BCUT2D eigenvalue weighted by molar-refractivity contribution is 0.0663. The van der Waals surface area contributed by atoms with Crippen molar-refractivity contribution in [3.8, 4) is 0 Å². The maximum atomic E-state index is 12.5. The topological polar surface area (TPSA) is 65.1 Å².